The molecular formula is C15H22N2O3. The van der Waals surface area contributed by atoms with Gasteiger partial charge < -0.3 is 10.8 Å². The molecule has 3 N–H and O–H groups in total. The summed E-state index contributed by atoms with van der Waals surface area (Å²) in [7, 11) is 0. The lowest BCUT2D eigenvalue weighted by molar-refractivity contribution is -0.137. The quantitative estimate of drug-likeness (QED) is 0.832. The Balaban J connectivity index is 2.95. The van der Waals surface area contributed by atoms with Gasteiger partial charge in [-0.05, 0) is 32.4 Å². The third-order valence-electron chi connectivity index (χ3n) is 3.19. The minimum absolute atomic E-state index is 0.0655. The molecule has 1 rings (SSSR count). The van der Waals surface area contributed by atoms with Crippen molar-refractivity contribution in [1.82, 2.24) is 4.90 Å². The minimum atomic E-state index is -0.831. The summed E-state index contributed by atoms with van der Waals surface area (Å²) in [6.45, 7) is 6.97. The van der Waals surface area contributed by atoms with Gasteiger partial charge in [0, 0.05) is 24.2 Å². The lowest BCUT2D eigenvalue weighted by atomic mass is 10.0. The molecule has 0 fully saturated rings. The summed E-state index contributed by atoms with van der Waals surface area (Å²) in [6, 6.07) is 7.15. The minimum Gasteiger partial charge on any atom is -0.481 e. The maximum Gasteiger partial charge on any atom is 0.304 e. The van der Waals surface area contributed by atoms with E-state index in [9.17, 15) is 9.59 Å². The van der Waals surface area contributed by atoms with E-state index in [0.717, 1.165) is 5.56 Å². The number of nitrogens with two attached hydrogens (primary N) is 1. The van der Waals surface area contributed by atoms with E-state index in [2.05, 4.69) is 0 Å². The molecule has 1 amide bonds. The predicted molar refractivity (Wildman–Crippen MR) is 77.4 cm³/mol. The largest absolute Gasteiger partial charge is 0.481 e. The van der Waals surface area contributed by atoms with E-state index in [1.807, 2.05) is 37.8 Å². The Morgan fingerprint density at radius 3 is 2.35 bits per heavy atom. The zero-order chi connectivity index (χ0) is 15.3. The Morgan fingerprint density at radius 1 is 1.25 bits per heavy atom. The van der Waals surface area contributed by atoms with Gasteiger partial charge in [-0.15, -0.1) is 0 Å². The predicted octanol–water partition coefficient (Wildman–Crippen LogP) is 1.86. The molecule has 0 spiro atoms. The second-order valence-corrected chi connectivity index (χ2v) is 5.76. The van der Waals surface area contributed by atoms with Crippen LogP contribution < -0.4 is 5.73 Å². The van der Waals surface area contributed by atoms with Gasteiger partial charge in [0.2, 0.25) is 5.91 Å². The van der Waals surface area contributed by atoms with Crippen LogP contribution in [0.5, 0.6) is 0 Å². The van der Waals surface area contributed by atoms with Crippen LogP contribution in [0.4, 0.5) is 0 Å². The first-order valence-electron chi connectivity index (χ1n) is 6.56. The number of carbonyl (C=O) groups excluding carboxylic acids is 1. The average molecular weight is 278 g/mol. The fraction of sp³-hybridized carbons (Fsp3) is 0.467. The van der Waals surface area contributed by atoms with Crippen molar-refractivity contribution in [3.63, 3.8) is 0 Å². The monoisotopic (exact) mass is 278 g/mol. The van der Waals surface area contributed by atoms with Crippen molar-refractivity contribution >= 4 is 11.9 Å². The number of primary amides is 1. The Bertz CT molecular complexity index is 492. The summed E-state index contributed by atoms with van der Waals surface area (Å²) >= 11 is 0. The molecule has 5 heteroatoms. The van der Waals surface area contributed by atoms with Crippen molar-refractivity contribution in [2.75, 3.05) is 6.54 Å². The molecule has 0 atom stereocenters. The van der Waals surface area contributed by atoms with E-state index < -0.39 is 11.9 Å². The fourth-order valence-electron chi connectivity index (χ4n) is 1.99. The lowest BCUT2D eigenvalue weighted by Crippen LogP contribution is -2.42. The Kier molecular flexibility index (Phi) is 5.27. The maximum absolute atomic E-state index is 11.4. The standard InChI is InChI=1S/C15H22N2O3/c1-15(2,3)17(9-8-13(18)19)10-11-6-4-5-7-12(11)14(16)20/h4-7H,8-10H2,1-3H3,(H2,16,20)(H,18,19). The number of amides is 1. The van der Waals surface area contributed by atoms with Crippen LogP contribution >= 0.6 is 0 Å². The van der Waals surface area contributed by atoms with E-state index in [1.165, 1.54) is 0 Å². The first-order valence-corrected chi connectivity index (χ1v) is 6.56. The summed E-state index contributed by atoms with van der Waals surface area (Å²) in [6.07, 6.45) is 0.0655. The highest BCUT2D eigenvalue weighted by Gasteiger charge is 2.23. The summed E-state index contributed by atoms with van der Waals surface area (Å²) in [5.41, 5.74) is 6.48. The summed E-state index contributed by atoms with van der Waals surface area (Å²) in [5.74, 6) is -1.30. The number of hydrogen-bond donors (Lipinski definition) is 2. The highest BCUT2D eigenvalue weighted by molar-refractivity contribution is 5.94. The van der Waals surface area contributed by atoms with Gasteiger partial charge in [-0.1, -0.05) is 18.2 Å². The molecule has 1 aromatic carbocycles. The molecule has 0 radical (unpaired) electrons. The molecule has 0 aliphatic carbocycles. The van der Waals surface area contributed by atoms with Crippen molar-refractivity contribution in [1.29, 1.82) is 0 Å². The molecule has 0 aliphatic heterocycles. The second-order valence-electron chi connectivity index (χ2n) is 5.76. The zero-order valence-electron chi connectivity index (χ0n) is 12.2. The Labute approximate surface area is 119 Å². The lowest BCUT2D eigenvalue weighted by Gasteiger charge is -2.35. The van der Waals surface area contributed by atoms with Gasteiger partial charge >= 0.3 is 5.97 Å². The third-order valence-corrected chi connectivity index (χ3v) is 3.19. The molecule has 0 aliphatic rings. The van der Waals surface area contributed by atoms with E-state index in [1.54, 1.807) is 12.1 Å². The molecule has 110 valence electrons. The number of carboxylic acid groups (broad SMARTS) is 1. The van der Waals surface area contributed by atoms with E-state index >= 15 is 0 Å². The number of rotatable bonds is 6. The molecule has 20 heavy (non-hydrogen) atoms. The average Bonchev–Trinajstić information content (AvgIpc) is 2.33. The second kappa shape index (κ2) is 6.52. The highest BCUT2D eigenvalue weighted by Crippen LogP contribution is 2.19. The van der Waals surface area contributed by atoms with Gasteiger partial charge in [0.15, 0.2) is 0 Å². The normalized spacial score (nSPS) is 11.6. The highest BCUT2D eigenvalue weighted by atomic mass is 16.4. The van der Waals surface area contributed by atoms with Crippen LogP contribution in [0, 0.1) is 0 Å². The third kappa shape index (κ3) is 4.66. The zero-order valence-corrected chi connectivity index (χ0v) is 12.2. The smallest absolute Gasteiger partial charge is 0.304 e. The SMILES string of the molecule is CC(C)(C)N(CCC(=O)O)Cc1ccccc1C(N)=O. The van der Waals surface area contributed by atoms with Crippen LogP contribution in [0.25, 0.3) is 0 Å². The van der Waals surface area contributed by atoms with Crippen molar-refractivity contribution in [2.24, 2.45) is 5.73 Å². The van der Waals surface area contributed by atoms with Gasteiger partial charge in [0.05, 0.1) is 6.42 Å². The molecule has 0 unspecified atom stereocenters. The first-order chi connectivity index (χ1) is 9.21. The molecule has 0 heterocycles. The number of carbonyl (C=O) groups is 2. The van der Waals surface area contributed by atoms with Crippen LogP contribution in [0.1, 0.15) is 43.1 Å². The molecule has 0 aromatic heterocycles. The molecule has 0 saturated carbocycles. The number of carboxylic acids is 1. The van der Waals surface area contributed by atoms with Crippen LogP contribution in [-0.2, 0) is 11.3 Å². The molecule has 1 aromatic rings. The van der Waals surface area contributed by atoms with Crippen molar-refractivity contribution in [3.8, 4) is 0 Å². The van der Waals surface area contributed by atoms with Crippen LogP contribution in [-0.4, -0.2) is 34.0 Å². The number of nitrogens with zero attached hydrogens (tertiary/aromatic N) is 1. The van der Waals surface area contributed by atoms with E-state index in [-0.39, 0.29) is 12.0 Å². The van der Waals surface area contributed by atoms with Gasteiger partial charge in [-0.3, -0.25) is 14.5 Å². The first kappa shape index (κ1) is 16.2. The Morgan fingerprint density at radius 2 is 1.85 bits per heavy atom. The topological polar surface area (TPSA) is 83.6 Å². The molecule has 5 nitrogen and oxygen atoms in total. The summed E-state index contributed by atoms with van der Waals surface area (Å²) in [4.78, 5) is 24.2. The van der Waals surface area contributed by atoms with Gasteiger partial charge in [-0.2, -0.15) is 0 Å². The van der Waals surface area contributed by atoms with Gasteiger partial charge in [0.25, 0.3) is 0 Å². The molecule has 0 saturated heterocycles. The van der Waals surface area contributed by atoms with Crippen molar-refractivity contribution < 1.29 is 14.7 Å². The number of hydrogen-bond acceptors (Lipinski definition) is 3. The number of aliphatic carboxylic acids is 1. The van der Waals surface area contributed by atoms with Gasteiger partial charge in [0.1, 0.15) is 0 Å². The number of benzene rings is 1. The molecule has 0 bridgehead atoms. The summed E-state index contributed by atoms with van der Waals surface area (Å²) < 4.78 is 0. The molecular weight excluding hydrogens is 256 g/mol. The van der Waals surface area contributed by atoms with E-state index in [4.69, 9.17) is 10.8 Å². The Hall–Kier alpha value is -1.88. The fourth-order valence-corrected chi connectivity index (χ4v) is 1.99. The van der Waals surface area contributed by atoms with Crippen LogP contribution in [0.2, 0.25) is 0 Å². The van der Waals surface area contributed by atoms with Crippen LogP contribution in [0.15, 0.2) is 24.3 Å². The maximum atomic E-state index is 11.4. The van der Waals surface area contributed by atoms with Crippen LogP contribution in [0.3, 0.4) is 0 Å². The van der Waals surface area contributed by atoms with Crippen molar-refractivity contribution in [3.05, 3.63) is 35.4 Å². The van der Waals surface area contributed by atoms with Gasteiger partial charge in [-0.25, -0.2) is 0 Å². The van der Waals surface area contributed by atoms with E-state index in [0.29, 0.717) is 18.7 Å². The van der Waals surface area contributed by atoms with Crippen molar-refractivity contribution in [2.45, 2.75) is 39.3 Å². The summed E-state index contributed by atoms with van der Waals surface area (Å²) in [5, 5.41) is 8.84.